The molecule has 1 aliphatic rings. The number of carboxylic acid groups (broad SMARTS) is 1. The number of fused-ring (bicyclic) bond motifs is 3. The number of aliphatic carboxylic acids is 1. The number of carbonyl (C=O) groups excluding carboxylic acids is 2. The average molecular weight is 443 g/mol. The van der Waals surface area contributed by atoms with Crippen LogP contribution in [0.1, 0.15) is 24.0 Å². The molecular weight excluding hydrogens is 416 g/mol. The number of alkyl carbamates (subject to hydrolysis) is 1. The fourth-order valence-corrected chi connectivity index (χ4v) is 4.19. The van der Waals surface area contributed by atoms with Crippen LogP contribution in [0.15, 0.2) is 48.5 Å². The predicted octanol–water partition coefficient (Wildman–Crippen LogP) is 3.19. The largest absolute Gasteiger partial charge is 0.480 e. The third-order valence-corrected chi connectivity index (χ3v) is 5.84. The Balaban J connectivity index is 1.61. The molecule has 1 aliphatic carbocycles. The zero-order valence-electron chi connectivity index (χ0n) is 17.5. The summed E-state index contributed by atoms with van der Waals surface area (Å²) in [5.74, 6) is -1.02. The van der Waals surface area contributed by atoms with Crippen molar-refractivity contribution in [1.82, 2.24) is 10.2 Å². The molecule has 0 fully saturated rings. The molecule has 0 aliphatic heterocycles. The number of nitrogens with zero attached hydrogens (tertiary/aromatic N) is 1. The topological polar surface area (TPSA) is 95.9 Å². The van der Waals surface area contributed by atoms with Crippen LogP contribution in [0.5, 0.6) is 0 Å². The zero-order chi connectivity index (χ0) is 22.4. The number of hydrogen-bond donors (Lipinski definition) is 2. The molecule has 0 radical (unpaired) electrons. The monoisotopic (exact) mass is 442 g/mol. The first-order chi connectivity index (χ1) is 14.9. The Morgan fingerprint density at radius 2 is 1.68 bits per heavy atom. The van der Waals surface area contributed by atoms with Crippen molar-refractivity contribution in [3.63, 3.8) is 0 Å². The first-order valence-electron chi connectivity index (χ1n) is 10.0. The third-order valence-electron chi connectivity index (χ3n) is 5.25. The number of hydrogen-bond acceptors (Lipinski definition) is 5. The van der Waals surface area contributed by atoms with Gasteiger partial charge in [0.05, 0.1) is 0 Å². The number of amides is 2. The normalized spacial score (nSPS) is 13.1. The van der Waals surface area contributed by atoms with E-state index in [-0.39, 0.29) is 12.5 Å². The van der Waals surface area contributed by atoms with Crippen molar-refractivity contribution in [1.29, 1.82) is 0 Å². The lowest BCUT2D eigenvalue weighted by Gasteiger charge is -2.24. The Morgan fingerprint density at radius 1 is 1.10 bits per heavy atom. The molecule has 2 aromatic rings. The fraction of sp³-hybridized carbons (Fsp3) is 0.348. The van der Waals surface area contributed by atoms with Crippen molar-refractivity contribution in [3.05, 3.63) is 59.7 Å². The minimum absolute atomic E-state index is 0.0748. The number of ether oxygens (including phenoxy) is 1. The summed E-state index contributed by atoms with van der Waals surface area (Å²) in [4.78, 5) is 37.3. The van der Waals surface area contributed by atoms with Gasteiger partial charge in [-0.1, -0.05) is 48.5 Å². The summed E-state index contributed by atoms with van der Waals surface area (Å²) >= 11 is 1.51. The summed E-state index contributed by atoms with van der Waals surface area (Å²) in [7, 11) is 0. The van der Waals surface area contributed by atoms with Gasteiger partial charge < -0.3 is 20.1 Å². The molecule has 0 saturated heterocycles. The molecule has 2 N–H and O–H groups in total. The smallest absolute Gasteiger partial charge is 0.407 e. The quantitative estimate of drug-likeness (QED) is 0.619. The van der Waals surface area contributed by atoms with Crippen LogP contribution in [0.3, 0.4) is 0 Å². The van der Waals surface area contributed by atoms with Gasteiger partial charge in [0.1, 0.15) is 19.2 Å². The van der Waals surface area contributed by atoms with E-state index in [2.05, 4.69) is 17.4 Å². The molecule has 0 heterocycles. The van der Waals surface area contributed by atoms with Gasteiger partial charge in [0.2, 0.25) is 5.91 Å². The number of carboxylic acids is 1. The van der Waals surface area contributed by atoms with Crippen LogP contribution in [0.4, 0.5) is 4.79 Å². The summed E-state index contributed by atoms with van der Waals surface area (Å²) in [6.45, 7) is 1.56. The van der Waals surface area contributed by atoms with E-state index < -0.39 is 30.6 Å². The maximum absolute atomic E-state index is 12.6. The van der Waals surface area contributed by atoms with Crippen molar-refractivity contribution in [2.75, 3.05) is 31.7 Å². The molecule has 8 heteroatoms. The van der Waals surface area contributed by atoms with Crippen molar-refractivity contribution >= 4 is 29.7 Å². The van der Waals surface area contributed by atoms with E-state index >= 15 is 0 Å². The maximum Gasteiger partial charge on any atom is 0.407 e. The van der Waals surface area contributed by atoms with E-state index in [1.54, 1.807) is 0 Å². The minimum atomic E-state index is -1.09. The second-order valence-electron chi connectivity index (χ2n) is 7.34. The molecule has 7 nitrogen and oxygen atoms in total. The molecule has 0 unspecified atom stereocenters. The summed E-state index contributed by atoms with van der Waals surface area (Å²) in [6, 6.07) is 15.2. The highest BCUT2D eigenvalue weighted by Gasteiger charge is 2.30. The summed E-state index contributed by atoms with van der Waals surface area (Å²) in [5.41, 5.74) is 4.47. The highest BCUT2D eigenvalue weighted by Crippen LogP contribution is 2.44. The minimum Gasteiger partial charge on any atom is -0.480 e. The Labute approximate surface area is 185 Å². The second-order valence-corrected chi connectivity index (χ2v) is 8.32. The number of carbonyl (C=O) groups is 3. The first-order valence-corrected chi connectivity index (χ1v) is 11.4. The van der Waals surface area contributed by atoms with Crippen LogP contribution in [0, 0.1) is 0 Å². The summed E-state index contributed by atoms with van der Waals surface area (Å²) in [5, 5.41) is 11.6. The van der Waals surface area contributed by atoms with Gasteiger partial charge in [-0.05, 0) is 35.4 Å². The second kappa shape index (κ2) is 10.3. The number of rotatable bonds is 9. The van der Waals surface area contributed by atoms with Crippen LogP contribution in [-0.4, -0.2) is 65.7 Å². The Kier molecular flexibility index (Phi) is 7.57. The predicted molar refractivity (Wildman–Crippen MR) is 120 cm³/mol. The van der Waals surface area contributed by atoms with Gasteiger partial charge in [0.15, 0.2) is 0 Å². The number of nitrogens with one attached hydrogen (secondary N) is 1. The van der Waals surface area contributed by atoms with Crippen molar-refractivity contribution in [2.24, 2.45) is 0 Å². The van der Waals surface area contributed by atoms with Gasteiger partial charge in [-0.3, -0.25) is 9.59 Å². The van der Waals surface area contributed by atoms with E-state index in [0.29, 0.717) is 12.3 Å². The van der Waals surface area contributed by atoms with E-state index in [9.17, 15) is 14.4 Å². The average Bonchev–Trinajstić information content (AvgIpc) is 3.08. The molecular formula is C23H26N2O5S. The zero-order valence-corrected chi connectivity index (χ0v) is 18.4. The van der Waals surface area contributed by atoms with Crippen LogP contribution >= 0.6 is 11.8 Å². The standard InChI is InChI=1S/C23H26N2O5S/c1-15(22(28)25(11-12-31-2)13-21(26)27)24-23(29)30-14-20-18-9-5-3-7-16(18)17-8-4-6-10-19(17)20/h3-10,15,20H,11-14H2,1-2H3,(H,24,29)(H,26,27)/t15-/m0/s1. The van der Waals surface area contributed by atoms with Crippen molar-refractivity contribution in [3.8, 4) is 11.1 Å². The summed E-state index contributed by atoms with van der Waals surface area (Å²) < 4.78 is 5.46. The van der Waals surface area contributed by atoms with E-state index in [1.807, 2.05) is 42.7 Å². The lowest BCUT2D eigenvalue weighted by molar-refractivity contribution is -0.144. The van der Waals surface area contributed by atoms with Gasteiger partial charge in [0.25, 0.3) is 0 Å². The molecule has 0 bridgehead atoms. The molecule has 31 heavy (non-hydrogen) atoms. The van der Waals surface area contributed by atoms with E-state index in [1.165, 1.54) is 23.6 Å². The van der Waals surface area contributed by atoms with Crippen LogP contribution in [-0.2, 0) is 14.3 Å². The molecule has 1 atom stereocenters. The fourth-order valence-electron chi connectivity index (χ4n) is 3.78. The maximum atomic E-state index is 12.6. The Morgan fingerprint density at radius 3 is 2.23 bits per heavy atom. The molecule has 0 aromatic heterocycles. The molecule has 3 rings (SSSR count). The van der Waals surface area contributed by atoms with Gasteiger partial charge in [-0.15, -0.1) is 0 Å². The highest BCUT2D eigenvalue weighted by molar-refractivity contribution is 7.98. The van der Waals surface area contributed by atoms with Gasteiger partial charge in [-0.25, -0.2) is 4.79 Å². The Bertz CT molecular complexity index is 919. The van der Waals surface area contributed by atoms with Crippen LogP contribution in [0.2, 0.25) is 0 Å². The SMILES string of the molecule is CSCCN(CC(=O)O)C(=O)[C@H](C)NC(=O)OCC1c2ccccc2-c2ccccc21. The van der Waals surface area contributed by atoms with Gasteiger partial charge in [-0.2, -0.15) is 11.8 Å². The van der Waals surface area contributed by atoms with Crippen molar-refractivity contribution < 1.29 is 24.2 Å². The lowest BCUT2D eigenvalue weighted by Crippen LogP contribution is -2.49. The summed E-state index contributed by atoms with van der Waals surface area (Å²) in [6.07, 6.45) is 1.17. The Hall–Kier alpha value is -3.00. The third kappa shape index (κ3) is 5.38. The van der Waals surface area contributed by atoms with Gasteiger partial charge >= 0.3 is 12.1 Å². The molecule has 0 saturated carbocycles. The van der Waals surface area contributed by atoms with Crippen molar-refractivity contribution in [2.45, 2.75) is 18.9 Å². The first kappa shape index (κ1) is 22.7. The number of benzene rings is 2. The lowest BCUT2D eigenvalue weighted by atomic mass is 9.98. The van der Waals surface area contributed by atoms with Crippen LogP contribution < -0.4 is 5.32 Å². The highest BCUT2D eigenvalue weighted by atomic mass is 32.2. The van der Waals surface area contributed by atoms with Gasteiger partial charge in [0, 0.05) is 18.2 Å². The molecule has 0 spiro atoms. The molecule has 2 aromatic carbocycles. The van der Waals surface area contributed by atoms with E-state index in [4.69, 9.17) is 9.84 Å². The van der Waals surface area contributed by atoms with E-state index in [0.717, 1.165) is 22.3 Å². The molecule has 164 valence electrons. The number of thioether (sulfide) groups is 1. The molecule has 2 amide bonds. The van der Waals surface area contributed by atoms with Crippen LogP contribution in [0.25, 0.3) is 11.1 Å².